The third-order valence-corrected chi connectivity index (χ3v) is 3.46. The zero-order valence-electron chi connectivity index (χ0n) is 9.56. The molecule has 1 N–H and O–H groups in total. The van der Waals surface area contributed by atoms with Crippen LogP contribution >= 0.6 is 11.5 Å². The fraction of sp³-hybridized carbons (Fsp3) is 0.167. The van der Waals surface area contributed by atoms with E-state index in [-0.39, 0.29) is 6.79 Å². The van der Waals surface area contributed by atoms with E-state index in [4.69, 9.17) is 14.7 Å². The number of hydrogen-bond acceptors (Lipinski definition) is 6. The molecule has 0 fully saturated rings. The summed E-state index contributed by atoms with van der Waals surface area (Å²) in [4.78, 5) is 0. The van der Waals surface area contributed by atoms with Gasteiger partial charge in [0.2, 0.25) is 6.79 Å². The van der Waals surface area contributed by atoms with Gasteiger partial charge in [0.15, 0.2) is 11.5 Å². The molecule has 3 rings (SSSR count). The second-order valence-corrected chi connectivity index (χ2v) is 4.55. The van der Waals surface area contributed by atoms with Crippen LogP contribution in [-0.4, -0.2) is 11.2 Å². The van der Waals surface area contributed by atoms with Gasteiger partial charge in [-0.05, 0) is 30.6 Å². The third-order valence-electron chi connectivity index (χ3n) is 2.60. The molecule has 0 saturated carbocycles. The van der Waals surface area contributed by atoms with Crippen molar-refractivity contribution in [2.45, 2.75) is 6.92 Å². The molecule has 1 aromatic carbocycles. The maximum Gasteiger partial charge on any atom is 0.231 e. The lowest BCUT2D eigenvalue weighted by Crippen LogP contribution is -1.93. The summed E-state index contributed by atoms with van der Waals surface area (Å²) in [7, 11) is 0. The number of nitriles is 1. The van der Waals surface area contributed by atoms with Crippen molar-refractivity contribution in [1.82, 2.24) is 4.37 Å². The maximum absolute atomic E-state index is 9.05. The topological polar surface area (TPSA) is 67.2 Å². The minimum absolute atomic E-state index is 0.252. The molecule has 90 valence electrons. The predicted molar refractivity (Wildman–Crippen MR) is 67.4 cm³/mol. The smallest absolute Gasteiger partial charge is 0.231 e. The average molecular weight is 259 g/mol. The minimum atomic E-state index is 0.252. The van der Waals surface area contributed by atoms with E-state index in [2.05, 4.69) is 15.8 Å². The highest BCUT2D eigenvalue weighted by molar-refractivity contribution is 7.10. The predicted octanol–water partition coefficient (Wildman–Crippen LogP) is 2.80. The van der Waals surface area contributed by atoms with Gasteiger partial charge in [0.05, 0.1) is 5.69 Å². The van der Waals surface area contributed by atoms with Crippen LogP contribution in [0.1, 0.15) is 11.3 Å². The molecule has 2 aromatic rings. The number of anilines is 2. The maximum atomic E-state index is 9.05. The summed E-state index contributed by atoms with van der Waals surface area (Å²) in [6.45, 7) is 2.07. The molecule has 0 atom stereocenters. The number of aromatic nitrogens is 1. The van der Waals surface area contributed by atoms with E-state index in [1.165, 1.54) is 11.5 Å². The Hall–Kier alpha value is -2.26. The van der Waals surface area contributed by atoms with Crippen molar-refractivity contribution in [2.24, 2.45) is 0 Å². The first-order valence-electron chi connectivity index (χ1n) is 5.31. The van der Waals surface area contributed by atoms with E-state index >= 15 is 0 Å². The Balaban J connectivity index is 1.91. The number of nitrogens with one attached hydrogen (secondary N) is 1. The van der Waals surface area contributed by atoms with Crippen LogP contribution in [0.2, 0.25) is 0 Å². The van der Waals surface area contributed by atoms with Gasteiger partial charge in [0.1, 0.15) is 16.6 Å². The highest BCUT2D eigenvalue weighted by Crippen LogP contribution is 2.36. The van der Waals surface area contributed by atoms with Crippen LogP contribution in [0.25, 0.3) is 0 Å². The highest BCUT2D eigenvalue weighted by Gasteiger charge is 2.15. The Morgan fingerprint density at radius 2 is 2.22 bits per heavy atom. The highest BCUT2D eigenvalue weighted by atomic mass is 32.1. The molecule has 1 aliphatic heterocycles. The minimum Gasteiger partial charge on any atom is -0.454 e. The molecule has 0 amide bonds. The molecule has 0 bridgehead atoms. The first-order chi connectivity index (χ1) is 8.78. The molecule has 0 spiro atoms. The Kier molecular flexibility index (Phi) is 2.54. The second kappa shape index (κ2) is 4.20. The monoisotopic (exact) mass is 259 g/mol. The molecule has 1 aromatic heterocycles. The molecule has 1 aliphatic rings. The van der Waals surface area contributed by atoms with Crippen LogP contribution in [0.5, 0.6) is 11.5 Å². The first-order valence-corrected chi connectivity index (χ1v) is 6.08. The van der Waals surface area contributed by atoms with Gasteiger partial charge in [-0.3, -0.25) is 0 Å². The molecule has 18 heavy (non-hydrogen) atoms. The normalized spacial score (nSPS) is 12.2. The third kappa shape index (κ3) is 1.75. The van der Waals surface area contributed by atoms with E-state index in [0.29, 0.717) is 11.3 Å². The molecular weight excluding hydrogens is 250 g/mol. The van der Waals surface area contributed by atoms with E-state index in [9.17, 15) is 0 Å². The fourth-order valence-electron chi connectivity index (χ4n) is 1.69. The van der Waals surface area contributed by atoms with Crippen LogP contribution in [-0.2, 0) is 0 Å². The molecule has 0 saturated heterocycles. The molecular formula is C12H9N3O2S. The zero-order valence-corrected chi connectivity index (χ0v) is 10.4. The summed E-state index contributed by atoms with van der Waals surface area (Å²) in [5.41, 5.74) is 2.17. The van der Waals surface area contributed by atoms with Gasteiger partial charge in [0, 0.05) is 11.8 Å². The summed E-state index contributed by atoms with van der Waals surface area (Å²) in [6.07, 6.45) is 0. The van der Waals surface area contributed by atoms with Crippen molar-refractivity contribution in [2.75, 3.05) is 12.1 Å². The van der Waals surface area contributed by atoms with Crippen LogP contribution < -0.4 is 14.8 Å². The second-order valence-electron chi connectivity index (χ2n) is 3.78. The summed E-state index contributed by atoms with van der Waals surface area (Å²) in [5.74, 6) is 1.45. The average Bonchev–Trinajstić information content (AvgIpc) is 2.96. The lowest BCUT2D eigenvalue weighted by atomic mass is 10.2. The number of rotatable bonds is 2. The molecule has 0 unspecified atom stereocenters. The Morgan fingerprint density at radius 3 is 3.06 bits per heavy atom. The van der Waals surface area contributed by atoms with Gasteiger partial charge in [0.25, 0.3) is 0 Å². The summed E-state index contributed by atoms with van der Waals surface area (Å²) < 4.78 is 14.7. The molecule has 0 aliphatic carbocycles. The van der Waals surface area contributed by atoms with Crippen molar-refractivity contribution in [3.05, 3.63) is 29.5 Å². The van der Waals surface area contributed by atoms with Crippen molar-refractivity contribution in [3.63, 3.8) is 0 Å². The quantitative estimate of drug-likeness (QED) is 0.898. The van der Waals surface area contributed by atoms with Gasteiger partial charge in [-0.15, -0.1) is 0 Å². The number of nitrogens with zero attached hydrogens (tertiary/aromatic N) is 2. The lowest BCUT2D eigenvalue weighted by Gasteiger charge is -2.04. The molecule has 5 nitrogen and oxygen atoms in total. The number of hydrogen-bond donors (Lipinski definition) is 1. The largest absolute Gasteiger partial charge is 0.454 e. The van der Waals surface area contributed by atoms with Gasteiger partial charge in [-0.2, -0.15) is 9.64 Å². The summed E-state index contributed by atoms with van der Waals surface area (Å²) in [6, 6.07) is 7.71. The van der Waals surface area contributed by atoms with E-state index in [1.807, 2.05) is 25.1 Å². The zero-order chi connectivity index (χ0) is 12.5. The van der Waals surface area contributed by atoms with Crippen molar-refractivity contribution >= 4 is 22.2 Å². The molecule has 2 heterocycles. The first kappa shape index (κ1) is 10.9. The van der Waals surface area contributed by atoms with Crippen LogP contribution in [0.4, 0.5) is 10.7 Å². The van der Waals surface area contributed by atoms with E-state index in [0.717, 1.165) is 22.1 Å². The van der Waals surface area contributed by atoms with Crippen molar-refractivity contribution < 1.29 is 9.47 Å². The van der Waals surface area contributed by atoms with Crippen molar-refractivity contribution in [3.8, 4) is 17.6 Å². The number of fused-ring (bicyclic) bond motifs is 1. The van der Waals surface area contributed by atoms with Crippen molar-refractivity contribution in [1.29, 1.82) is 5.26 Å². The number of aryl methyl sites for hydroxylation is 1. The van der Waals surface area contributed by atoms with Gasteiger partial charge in [-0.1, -0.05) is 0 Å². The van der Waals surface area contributed by atoms with Gasteiger partial charge in [-0.25, -0.2) is 0 Å². The summed E-state index contributed by atoms with van der Waals surface area (Å²) >= 11 is 1.27. The lowest BCUT2D eigenvalue weighted by molar-refractivity contribution is 0.174. The standard InChI is InChI=1S/C12H9N3O2S/c1-7-9(5-13)12(18-15-7)14-8-2-3-10-11(4-8)17-6-16-10/h2-4,14H,6H2,1H3. The molecule has 0 radical (unpaired) electrons. The van der Waals surface area contributed by atoms with Crippen LogP contribution in [0, 0.1) is 18.3 Å². The molecule has 6 heteroatoms. The number of benzene rings is 1. The van der Waals surface area contributed by atoms with Crippen LogP contribution in [0.15, 0.2) is 18.2 Å². The van der Waals surface area contributed by atoms with Gasteiger partial charge >= 0.3 is 0 Å². The van der Waals surface area contributed by atoms with E-state index in [1.54, 1.807) is 0 Å². The number of ether oxygens (including phenoxy) is 2. The van der Waals surface area contributed by atoms with Crippen LogP contribution in [0.3, 0.4) is 0 Å². The van der Waals surface area contributed by atoms with Gasteiger partial charge < -0.3 is 14.8 Å². The van der Waals surface area contributed by atoms with E-state index < -0.39 is 0 Å². The SMILES string of the molecule is Cc1nsc(Nc2ccc3c(c2)OCO3)c1C#N. The Bertz CT molecular complexity index is 645. The fourth-order valence-corrected chi connectivity index (χ4v) is 2.46. The Morgan fingerprint density at radius 1 is 1.39 bits per heavy atom. The Labute approximate surface area is 108 Å². The summed E-state index contributed by atoms with van der Waals surface area (Å²) in [5, 5.41) is 13.0.